The molecule has 1 amide bonds. The van der Waals surface area contributed by atoms with Gasteiger partial charge in [-0.3, -0.25) is 9.59 Å². The number of carboxylic acid groups (broad SMARTS) is 1. The summed E-state index contributed by atoms with van der Waals surface area (Å²) >= 11 is 0. The number of carboxylic acids is 1. The minimum Gasteiger partial charge on any atom is -0.481 e. The maximum Gasteiger partial charge on any atom is 0.305 e. The highest BCUT2D eigenvalue weighted by Gasteiger charge is 2.33. The van der Waals surface area contributed by atoms with Gasteiger partial charge in [0.25, 0.3) is 0 Å². The number of carbonyl (C=O) groups is 2. The summed E-state index contributed by atoms with van der Waals surface area (Å²) in [5, 5.41) is 11.5. The second-order valence-corrected chi connectivity index (χ2v) is 4.71. The standard InChI is InChI=1S/C11H19NO3/c1-7(2)5-10(13)12-9(6-11(14)15)8-3-4-8/h7-9H,3-6H2,1-2H3,(H,12,13)(H,14,15). The van der Waals surface area contributed by atoms with Crippen molar-refractivity contribution in [1.82, 2.24) is 5.32 Å². The Kier molecular flexibility index (Phi) is 4.12. The van der Waals surface area contributed by atoms with Gasteiger partial charge in [-0.1, -0.05) is 13.8 Å². The monoisotopic (exact) mass is 213 g/mol. The van der Waals surface area contributed by atoms with Crippen LogP contribution in [0.5, 0.6) is 0 Å². The smallest absolute Gasteiger partial charge is 0.305 e. The molecule has 0 aromatic rings. The first-order valence-electron chi connectivity index (χ1n) is 5.50. The molecule has 0 spiro atoms. The summed E-state index contributed by atoms with van der Waals surface area (Å²) in [6.45, 7) is 3.95. The zero-order valence-corrected chi connectivity index (χ0v) is 9.32. The van der Waals surface area contributed by atoms with Crippen molar-refractivity contribution < 1.29 is 14.7 Å². The third-order valence-corrected chi connectivity index (χ3v) is 2.53. The highest BCUT2D eigenvalue weighted by atomic mass is 16.4. The number of aliphatic carboxylic acids is 1. The van der Waals surface area contributed by atoms with Gasteiger partial charge < -0.3 is 10.4 Å². The maximum absolute atomic E-state index is 11.5. The summed E-state index contributed by atoms with van der Waals surface area (Å²) in [6, 6.07) is -0.159. The van der Waals surface area contributed by atoms with Crippen molar-refractivity contribution in [2.24, 2.45) is 11.8 Å². The highest BCUT2D eigenvalue weighted by Crippen LogP contribution is 2.34. The molecule has 0 aromatic heterocycles. The molecule has 1 rings (SSSR count). The molecule has 1 aliphatic rings. The van der Waals surface area contributed by atoms with Crippen LogP contribution in [0.25, 0.3) is 0 Å². The van der Waals surface area contributed by atoms with E-state index in [1.165, 1.54) is 0 Å². The molecule has 1 unspecified atom stereocenters. The Hall–Kier alpha value is -1.06. The third-order valence-electron chi connectivity index (χ3n) is 2.53. The Bertz CT molecular complexity index is 246. The van der Waals surface area contributed by atoms with Crippen LogP contribution in [0.15, 0.2) is 0 Å². The average molecular weight is 213 g/mol. The van der Waals surface area contributed by atoms with Crippen molar-refractivity contribution in [2.45, 2.75) is 45.6 Å². The van der Waals surface area contributed by atoms with E-state index >= 15 is 0 Å². The highest BCUT2D eigenvalue weighted by molar-refractivity contribution is 5.77. The molecule has 15 heavy (non-hydrogen) atoms. The fourth-order valence-electron chi connectivity index (χ4n) is 1.66. The Morgan fingerprint density at radius 2 is 1.93 bits per heavy atom. The van der Waals surface area contributed by atoms with E-state index in [-0.39, 0.29) is 18.4 Å². The van der Waals surface area contributed by atoms with Crippen molar-refractivity contribution in [2.75, 3.05) is 0 Å². The minimum absolute atomic E-state index is 0.0249. The summed E-state index contributed by atoms with van der Waals surface area (Å²) < 4.78 is 0. The molecule has 0 aromatic carbocycles. The van der Waals surface area contributed by atoms with Gasteiger partial charge in [0.1, 0.15) is 0 Å². The fraction of sp³-hybridized carbons (Fsp3) is 0.818. The third kappa shape index (κ3) is 4.81. The fourth-order valence-corrected chi connectivity index (χ4v) is 1.66. The normalized spacial score (nSPS) is 17.5. The lowest BCUT2D eigenvalue weighted by atomic mass is 10.1. The first-order valence-corrected chi connectivity index (χ1v) is 5.50. The van der Waals surface area contributed by atoms with E-state index in [9.17, 15) is 9.59 Å². The van der Waals surface area contributed by atoms with Crippen LogP contribution in [-0.2, 0) is 9.59 Å². The number of hydrogen-bond acceptors (Lipinski definition) is 2. The molecule has 4 heteroatoms. The Morgan fingerprint density at radius 3 is 2.33 bits per heavy atom. The second-order valence-electron chi connectivity index (χ2n) is 4.71. The Labute approximate surface area is 90.0 Å². The number of amides is 1. The molecular weight excluding hydrogens is 194 g/mol. The zero-order chi connectivity index (χ0) is 11.4. The van der Waals surface area contributed by atoms with E-state index in [4.69, 9.17) is 5.11 Å². The van der Waals surface area contributed by atoms with Gasteiger partial charge in [-0.2, -0.15) is 0 Å². The summed E-state index contributed by atoms with van der Waals surface area (Å²) in [4.78, 5) is 22.1. The summed E-state index contributed by atoms with van der Waals surface area (Å²) in [5.74, 6) is -0.160. The van der Waals surface area contributed by atoms with E-state index in [0.717, 1.165) is 12.8 Å². The van der Waals surface area contributed by atoms with Crippen LogP contribution in [0.3, 0.4) is 0 Å². The van der Waals surface area contributed by atoms with Gasteiger partial charge in [0.2, 0.25) is 5.91 Å². The Morgan fingerprint density at radius 1 is 1.33 bits per heavy atom. The van der Waals surface area contributed by atoms with Crippen molar-refractivity contribution in [3.63, 3.8) is 0 Å². The molecule has 2 N–H and O–H groups in total. The van der Waals surface area contributed by atoms with Crippen LogP contribution >= 0.6 is 0 Å². The van der Waals surface area contributed by atoms with Gasteiger partial charge in [-0.25, -0.2) is 0 Å². The summed E-state index contributed by atoms with van der Waals surface area (Å²) in [5.41, 5.74) is 0. The van der Waals surface area contributed by atoms with E-state index in [1.807, 2.05) is 13.8 Å². The van der Waals surface area contributed by atoms with Crippen molar-refractivity contribution in [3.8, 4) is 0 Å². The van der Waals surface area contributed by atoms with Gasteiger partial charge >= 0.3 is 5.97 Å². The SMILES string of the molecule is CC(C)CC(=O)NC(CC(=O)O)C1CC1. The molecule has 4 nitrogen and oxygen atoms in total. The molecule has 0 saturated heterocycles. The van der Waals surface area contributed by atoms with Crippen LogP contribution in [0, 0.1) is 11.8 Å². The van der Waals surface area contributed by atoms with Crippen LogP contribution in [0.2, 0.25) is 0 Å². The summed E-state index contributed by atoms with van der Waals surface area (Å²) in [7, 11) is 0. The number of hydrogen-bond donors (Lipinski definition) is 2. The minimum atomic E-state index is -0.836. The quantitative estimate of drug-likeness (QED) is 0.701. The van der Waals surface area contributed by atoms with Crippen molar-refractivity contribution >= 4 is 11.9 Å². The van der Waals surface area contributed by atoms with E-state index in [1.54, 1.807) is 0 Å². The van der Waals surface area contributed by atoms with Gasteiger partial charge in [0.15, 0.2) is 0 Å². The molecule has 1 saturated carbocycles. The molecule has 0 heterocycles. The number of carbonyl (C=O) groups excluding carboxylic acids is 1. The molecule has 1 fully saturated rings. The maximum atomic E-state index is 11.5. The number of nitrogens with one attached hydrogen (secondary N) is 1. The van der Waals surface area contributed by atoms with Gasteiger partial charge in [-0.15, -0.1) is 0 Å². The van der Waals surface area contributed by atoms with E-state index in [0.29, 0.717) is 18.3 Å². The lowest BCUT2D eigenvalue weighted by molar-refractivity contribution is -0.137. The second kappa shape index (κ2) is 5.14. The predicted molar refractivity (Wildman–Crippen MR) is 56.4 cm³/mol. The lowest BCUT2D eigenvalue weighted by Gasteiger charge is -2.16. The average Bonchev–Trinajstić information content (AvgIpc) is 2.81. The lowest BCUT2D eigenvalue weighted by Crippen LogP contribution is -2.38. The van der Waals surface area contributed by atoms with E-state index < -0.39 is 5.97 Å². The van der Waals surface area contributed by atoms with Crippen molar-refractivity contribution in [1.29, 1.82) is 0 Å². The van der Waals surface area contributed by atoms with Crippen LogP contribution in [0.4, 0.5) is 0 Å². The molecule has 1 aliphatic carbocycles. The first-order chi connectivity index (χ1) is 6.99. The van der Waals surface area contributed by atoms with Gasteiger partial charge in [0, 0.05) is 12.5 Å². The molecule has 0 aliphatic heterocycles. The molecular formula is C11H19NO3. The molecule has 1 atom stereocenters. The largest absolute Gasteiger partial charge is 0.481 e. The molecule has 0 bridgehead atoms. The first kappa shape index (κ1) is 12.0. The molecule has 0 radical (unpaired) electrons. The van der Waals surface area contributed by atoms with Crippen LogP contribution in [-0.4, -0.2) is 23.0 Å². The van der Waals surface area contributed by atoms with Crippen molar-refractivity contribution in [3.05, 3.63) is 0 Å². The zero-order valence-electron chi connectivity index (χ0n) is 9.32. The van der Waals surface area contributed by atoms with Crippen LogP contribution < -0.4 is 5.32 Å². The topological polar surface area (TPSA) is 66.4 Å². The Balaban J connectivity index is 2.36. The van der Waals surface area contributed by atoms with Crippen LogP contribution in [0.1, 0.15) is 39.5 Å². The number of rotatable bonds is 6. The summed E-state index contributed by atoms with van der Waals surface area (Å²) in [6.07, 6.45) is 2.61. The predicted octanol–water partition coefficient (Wildman–Crippen LogP) is 1.40. The van der Waals surface area contributed by atoms with Gasteiger partial charge in [-0.05, 0) is 24.7 Å². The molecule has 86 valence electrons. The van der Waals surface area contributed by atoms with Gasteiger partial charge in [0.05, 0.1) is 6.42 Å². The van der Waals surface area contributed by atoms with E-state index in [2.05, 4.69) is 5.32 Å².